The zero-order valence-corrected chi connectivity index (χ0v) is 18.4. The zero-order valence-electron chi connectivity index (χ0n) is 18.4. The Labute approximate surface area is 187 Å². The van der Waals surface area contributed by atoms with Crippen molar-refractivity contribution in [3.8, 4) is 0 Å². The van der Waals surface area contributed by atoms with Gasteiger partial charge in [0.2, 0.25) is 0 Å². The summed E-state index contributed by atoms with van der Waals surface area (Å²) in [6, 6.07) is 12.8. The molecule has 2 aromatic carbocycles. The Morgan fingerprint density at radius 1 is 0.906 bits per heavy atom. The van der Waals surface area contributed by atoms with E-state index in [0.29, 0.717) is 36.9 Å². The molecule has 8 heteroatoms. The van der Waals surface area contributed by atoms with Crippen LogP contribution < -0.4 is 16.0 Å². The summed E-state index contributed by atoms with van der Waals surface area (Å²) in [5, 5.41) is 8.04. The van der Waals surface area contributed by atoms with Crippen molar-refractivity contribution in [2.75, 3.05) is 30.3 Å². The number of nitrogens with zero attached hydrogens (tertiary/aromatic N) is 1. The van der Waals surface area contributed by atoms with Crippen molar-refractivity contribution in [2.45, 2.75) is 32.6 Å². The first-order chi connectivity index (χ1) is 15.3. The number of piperidine rings is 1. The number of amides is 4. The molecule has 0 saturated carbocycles. The van der Waals surface area contributed by atoms with Gasteiger partial charge in [-0.25, -0.2) is 9.18 Å². The number of likely N-dealkylation sites (tertiary alicyclic amines) is 1. The van der Waals surface area contributed by atoms with Gasteiger partial charge < -0.3 is 20.9 Å². The molecular formula is C24H29FN4O3. The van der Waals surface area contributed by atoms with Crippen molar-refractivity contribution in [3.05, 3.63) is 59.9 Å². The first kappa shape index (κ1) is 23.2. The Morgan fingerprint density at radius 2 is 1.47 bits per heavy atom. The molecule has 1 heterocycles. The quantitative estimate of drug-likeness (QED) is 0.615. The average Bonchev–Trinajstić information content (AvgIpc) is 2.79. The molecule has 0 aliphatic carbocycles. The summed E-state index contributed by atoms with van der Waals surface area (Å²) < 4.78 is 13.0. The SMILES string of the molecule is CC(C)c1ccc(NC(=O)C(=O)NCC2CCN(C(=O)Nc3ccc(F)cc3)CC2)cc1. The fourth-order valence-corrected chi connectivity index (χ4v) is 3.53. The summed E-state index contributed by atoms with van der Waals surface area (Å²) in [7, 11) is 0. The van der Waals surface area contributed by atoms with Gasteiger partial charge in [-0.2, -0.15) is 0 Å². The zero-order chi connectivity index (χ0) is 23.1. The lowest BCUT2D eigenvalue weighted by molar-refractivity contribution is -0.136. The highest BCUT2D eigenvalue weighted by molar-refractivity contribution is 6.39. The summed E-state index contributed by atoms with van der Waals surface area (Å²) in [5.74, 6) is -1.15. The van der Waals surface area contributed by atoms with Gasteiger partial charge in [-0.15, -0.1) is 0 Å². The molecule has 1 saturated heterocycles. The Hall–Kier alpha value is -3.42. The van der Waals surface area contributed by atoms with E-state index < -0.39 is 11.8 Å². The molecule has 0 radical (unpaired) electrons. The van der Waals surface area contributed by atoms with E-state index >= 15 is 0 Å². The van der Waals surface area contributed by atoms with Crippen molar-refractivity contribution in [1.82, 2.24) is 10.2 Å². The van der Waals surface area contributed by atoms with Gasteiger partial charge in [0.15, 0.2) is 0 Å². The number of hydrogen-bond donors (Lipinski definition) is 3. The van der Waals surface area contributed by atoms with Crippen LogP contribution >= 0.6 is 0 Å². The van der Waals surface area contributed by atoms with E-state index in [1.165, 1.54) is 24.3 Å². The van der Waals surface area contributed by atoms with Crippen LogP contribution in [0.3, 0.4) is 0 Å². The van der Waals surface area contributed by atoms with E-state index in [-0.39, 0.29) is 17.8 Å². The number of carbonyl (C=O) groups excluding carboxylic acids is 3. The monoisotopic (exact) mass is 440 g/mol. The molecule has 170 valence electrons. The van der Waals surface area contributed by atoms with Gasteiger partial charge in [-0.3, -0.25) is 9.59 Å². The number of urea groups is 1. The van der Waals surface area contributed by atoms with Crippen LogP contribution in [-0.2, 0) is 9.59 Å². The van der Waals surface area contributed by atoms with Crippen molar-refractivity contribution in [3.63, 3.8) is 0 Å². The van der Waals surface area contributed by atoms with Gasteiger partial charge in [-0.05, 0) is 66.6 Å². The number of halogens is 1. The lowest BCUT2D eigenvalue weighted by Gasteiger charge is -2.32. The van der Waals surface area contributed by atoms with Gasteiger partial charge in [0.05, 0.1) is 0 Å². The van der Waals surface area contributed by atoms with Gasteiger partial charge in [-0.1, -0.05) is 26.0 Å². The van der Waals surface area contributed by atoms with Crippen LogP contribution in [0, 0.1) is 11.7 Å². The minimum Gasteiger partial charge on any atom is -0.348 e. The largest absolute Gasteiger partial charge is 0.348 e. The Kier molecular flexibility index (Phi) is 7.81. The molecule has 3 rings (SSSR count). The molecule has 0 unspecified atom stereocenters. The minimum absolute atomic E-state index is 0.187. The van der Waals surface area contributed by atoms with Crippen LogP contribution in [0.25, 0.3) is 0 Å². The molecule has 0 aromatic heterocycles. The fourth-order valence-electron chi connectivity index (χ4n) is 3.53. The standard InChI is InChI=1S/C24H29FN4O3/c1-16(2)18-3-7-20(8-4-18)27-23(31)22(30)26-15-17-11-13-29(14-12-17)24(32)28-21-9-5-19(25)6-10-21/h3-10,16-17H,11-15H2,1-2H3,(H,26,30)(H,27,31)(H,28,32). The molecule has 0 atom stereocenters. The molecule has 1 aliphatic heterocycles. The highest BCUT2D eigenvalue weighted by atomic mass is 19.1. The van der Waals surface area contributed by atoms with Gasteiger partial charge >= 0.3 is 17.8 Å². The first-order valence-electron chi connectivity index (χ1n) is 10.8. The maximum Gasteiger partial charge on any atom is 0.321 e. The second-order valence-electron chi connectivity index (χ2n) is 8.31. The number of benzene rings is 2. The molecule has 7 nitrogen and oxygen atoms in total. The highest BCUT2D eigenvalue weighted by Gasteiger charge is 2.24. The number of rotatable bonds is 5. The summed E-state index contributed by atoms with van der Waals surface area (Å²) in [4.78, 5) is 38.3. The van der Waals surface area contributed by atoms with Gasteiger partial charge in [0.25, 0.3) is 0 Å². The van der Waals surface area contributed by atoms with E-state index in [1.54, 1.807) is 17.0 Å². The lowest BCUT2D eigenvalue weighted by Crippen LogP contribution is -2.44. The van der Waals surface area contributed by atoms with Crippen LogP contribution in [0.5, 0.6) is 0 Å². The Balaban J connectivity index is 1.38. The predicted octanol–water partition coefficient (Wildman–Crippen LogP) is 3.95. The van der Waals surface area contributed by atoms with Crippen molar-refractivity contribution >= 4 is 29.2 Å². The first-order valence-corrected chi connectivity index (χ1v) is 10.8. The number of nitrogens with one attached hydrogen (secondary N) is 3. The fraction of sp³-hybridized carbons (Fsp3) is 0.375. The molecule has 0 spiro atoms. The smallest absolute Gasteiger partial charge is 0.321 e. The lowest BCUT2D eigenvalue weighted by atomic mass is 9.97. The van der Waals surface area contributed by atoms with E-state index in [4.69, 9.17) is 0 Å². The topological polar surface area (TPSA) is 90.5 Å². The number of carbonyl (C=O) groups is 3. The Bertz CT molecular complexity index is 937. The normalized spacial score (nSPS) is 14.2. The second kappa shape index (κ2) is 10.7. The van der Waals surface area contributed by atoms with Gasteiger partial charge in [0, 0.05) is 31.0 Å². The van der Waals surface area contributed by atoms with E-state index in [9.17, 15) is 18.8 Å². The summed E-state index contributed by atoms with van der Waals surface area (Å²) in [6.07, 6.45) is 1.44. The van der Waals surface area contributed by atoms with Crippen LogP contribution in [0.15, 0.2) is 48.5 Å². The van der Waals surface area contributed by atoms with E-state index in [1.807, 2.05) is 12.1 Å². The third kappa shape index (κ3) is 6.54. The maximum absolute atomic E-state index is 13.0. The van der Waals surface area contributed by atoms with E-state index in [2.05, 4.69) is 29.8 Å². The summed E-state index contributed by atoms with van der Waals surface area (Å²) in [6.45, 7) is 5.64. The van der Waals surface area contributed by atoms with Crippen molar-refractivity contribution < 1.29 is 18.8 Å². The van der Waals surface area contributed by atoms with E-state index in [0.717, 1.165) is 18.4 Å². The molecular weight excluding hydrogens is 411 g/mol. The molecule has 1 aliphatic rings. The average molecular weight is 441 g/mol. The Morgan fingerprint density at radius 3 is 2.06 bits per heavy atom. The number of anilines is 2. The third-order valence-corrected chi connectivity index (χ3v) is 5.59. The van der Waals surface area contributed by atoms with Gasteiger partial charge in [0.1, 0.15) is 5.82 Å². The van der Waals surface area contributed by atoms with Crippen LogP contribution in [0.4, 0.5) is 20.6 Å². The summed E-state index contributed by atoms with van der Waals surface area (Å²) >= 11 is 0. The van der Waals surface area contributed by atoms with Crippen molar-refractivity contribution in [2.24, 2.45) is 5.92 Å². The second-order valence-corrected chi connectivity index (χ2v) is 8.31. The predicted molar refractivity (Wildman–Crippen MR) is 122 cm³/mol. The van der Waals surface area contributed by atoms with Crippen molar-refractivity contribution in [1.29, 1.82) is 0 Å². The molecule has 2 aromatic rings. The van der Waals surface area contributed by atoms with Crippen LogP contribution in [0.2, 0.25) is 0 Å². The molecule has 32 heavy (non-hydrogen) atoms. The minimum atomic E-state index is -0.696. The maximum atomic E-state index is 13.0. The van der Waals surface area contributed by atoms with Crippen LogP contribution in [0.1, 0.15) is 38.2 Å². The summed E-state index contributed by atoms with van der Waals surface area (Å²) in [5.41, 5.74) is 2.27. The molecule has 0 bridgehead atoms. The number of hydrogen-bond acceptors (Lipinski definition) is 3. The molecule has 4 amide bonds. The van der Waals surface area contributed by atoms with Crippen LogP contribution in [-0.4, -0.2) is 42.4 Å². The molecule has 3 N–H and O–H groups in total. The highest BCUT2D eigenvalue weighted by Crippen LogP contribution is 2.19. The third-order valence-electron chi connectivity index (χ3n) is 5.59. The molecule has 1 fully saturated rings.